The molecule has 0 aromatic carbocycles. The van der Waals surface area contributed by atoms with Crippen molar-refractivity contribution in [3.8, 4) is 0 Å². The van der Waals surface area contributed by atoms with Crippen LogP contribution in [-0.4, -0.2) is 88.1 Å². The standard InChI is InChI=1S/C26H40O9/c1-14-4-7-18-25(2,16(14)6-5-15-9-11-33-23(15)32)10-8-19(28)26(18,3)13-34-24-22(31)21(30)20(29)17(12-27)35-24/h9,16-22,24,27-31H,1,4-8,10-13H2,2-3H3/t16?,17-,18+,19-,20-,21+,22-,24-,25+,26+/m1/s1. The molecule has 4 rings (SSSR count). The molecule has 198 valence electrons. The van der Waals surface area contributed by atoms with Gasteiger partial charge in [-0.2, -0.15) is 0 Å². The summed E-state index contributed by atoms with van der Waals surface area (Å²) in [5, 5.41) is 51.2. The van der Waals surface area contributed by atoms with Crippen molar-refractivity contribution in [2.75, 3.05) is 19.8 Å². The zero-order chi connectivity index (χ0) is 25.5. The third-order valence-corrected chi connectivity index (χ3v) is 9.27. The van der Waals surface area contributed by atoms with Crippen LogP contribution < -0.4 is 0 Å². The average Bonchev–Trinajstić information content (AvgIpc) is 3.24. The van der Waals surface area contributed by atoms with Gasteiger partial charge >= 0.3 is 5.97 Å². The number of aliphatic hydroxyl groups is 5. The molecule has 1 saturated heterocycles. The van der Waals surface area contributed by atoms with Crippen LogP contribution in [0.4, 0.5) is 0 Å². The number of hydrogen-bond acceptors (Lipinski definition) is 9. The fraction of sp³-hybridized carbons (Fsp3) is 0.808. The molecule has 0 spiro atoms. The van der Waals surface area contributed by atoms with Gasteiger partial charge in [-0.05, 0) is 61.9 Å². The maximum atomic E-state index is 11.9. The lowest BCUT2D eigenvalue weighted by Crippen LogP contribution is -2.61. The van der Waals surface area contributed by atoms with Gasteiger partial charge in [0.15, 0.2) is 6.29 Å². The SMILES string of the molecule is C=C1CC[C@@H]2[C@](C)(CO[C@@H]3O[C@H](CO)[C@@H](O)[C@H](O)[C@H]3O)[C@H](O)CC[C@@]2(C)C1CCC1=CCOC1=O. The minimum absolute atomic E-state index is 0.0772. The maximum absolute atomic E-state index is 11.9. The molecule has 9 nitrogen and oxygen atoms in total. The Labute approximate surface area is 206 Å². The predicted molar refractivity (Wildman–Crippen MR) is 125 cm³/mol. The summed E-state index contributed by atoms with van der Waals surface area (Å²) in [7, 11) is 0. The van der Waals surface area contributed by atoms with E-state index in [4.69, 9.17) is 14.2 Å². The number of esters is 1. The van der Waals surface area contributed by atoms with Crippen LogP contribution in [-0.2, 0) is 19.0 Å². The molecule has 5 N–H and O–H groups in total. The Kier molecular flexibility index (Phi) is 7.79. The number of hydrogen-bond donors (Lipinski definition) is 5. The summed E-state index contributed by atoms with van der Waals surface area (Å²) in [6.07, 6.45) is -1.06. The molecule has 0 amide bonds. The van der Waals surface area contributed by atoms with E-state index < -0.39 is 48.8 Å². The zero-order valence-electron chi connectivity index (χ0n) is 20.6. The molecular weight excluding hydrogens is 456 g/mol. The third-order valence-electron chi connectivity index (χ3n) is 9.27. The van der Waals surface area contributed by atoms with E-state index in [1.54, 1.807) is 0 Å². The summed E-state index contributed by atoms with van der Waals surface area (Å²) < 4.78 is 16.5. The summed E-state index contributed by atoms with van der Waals surface area (Å²) >= 11 is 0. The van der Waals surface area contributed by atoms with Gasteiger partial charge in [0.25, 0.3) is 0 Å². The van der Waals surface area contributed by atoms with Gasteiger partial charge in [-0.3, -0.25) is 0 Å². The Morgan fingerprint density at radius 3 is 2.54 bits per heavy atom. The largest absolute Gasteiger partial charge is 0.458 e. The number of rotatable bonds is 7. The van der Waals surface area contributed by atoms with Crippen LogP contribution in [0.25, 0.3) is 0 Å². The van der Waals surface area contributed by atoms with E-state index in [9.17, 15) is 30.3 Å². The number of ether oxygens (including phenoxy) is 3. The Hall–Kier alpha value is -1.33. The molecule has 10 atom stereocenters. The molecule has 2 saturated carbocycles. The first-order valence-corrected chi connectivity index (χ1v) is 12.7. The molecule has 2 aliphatic heterocycles. The number of aliphatic hydroxyl groups excluding tert-OH is 5. The number of fused-ring (bicyclic) bond motifs is 1. The number of carbonyl (C=O) groups is 1. The van der Waals surface area contributed by atoms with E-state index in [1.165, 1.54) is 5.57 Å². The third kappa shape index (κ3) is 4.72. The molecule has 0 radical (unpaired) electrons. The first-order chi connectivity index (χ1) is 16.5. The smallest absolute Gasteiger partial charge is 0.334 e. The van der Waals surface area contributed by atoms with Crippen LogP contribution in [0.2, 0.25) is 0 Å². The highest BCUT2D eigenvalue weighted by Crippen LogP contribution is 2.62. The second-order valence-corrected chi connectivity index (χ2v) is 11.2. The van der Waals surface area contributed by atoms with Gasteiger partial charge < -0.3 is 39.7 Å². The van der Waals surface area contributed by atoms with Crippen LogP contribution in [0.1, 0.15) is 52.4 Å². The monoisotopic (exact) mass is 496 g/mol. The summed E-state index contributed by atoms with van der Waals surface area (Å²) in [4.78, 5) is 11.9. The zero-order valence-corrected chi connectivity index (χ0v) is 20.6. The topological polar surface area (TPSA) is 146 Å². The molecule has 0 aromatic rings. The molecule has 0 bridgehead atoms. The van der Waals surface area contributed by atoms with Crippen LogP contribution in [0.15, 0.2) is 23.8 Å². The minimum atomic E-state index is -1.51. The molecule has 2 aliphatic carbocycles. The lowest BCUT2D eigenvalue weighted by molar-refractivity contribution is -0.313. The Morgan fingerprint density at radius 2 is 1.89 bits per heavy atom. The lowest BCUT2D eigenvalue weighted by atomic mass is 9.46. The summed E-state index contributed by atoms with van der Waals surface area (Å²) in [5.74, 6) is 0.0169. The van der Waals surface area contributed by atoms with Crippen molar-refractivity contribution >= 4 is 5.97 Å². The number of cyclic esters (lactones) is 1. The first kappa shape index (κ1) is 26.7. The van der Waals surface area contributed by atoms with Crippen molar-refractivity contribution in [2.24, 2.45) is 22.7 Å². The normalized spacial score (nSPS) is 46.2. The van der Waals surface area contributed by atoms with Crippen molar-refractivity contribution in [3.63, 3.8) is 0 Å². The van der Waals surface area contributed by atoms with Gasteiger partial charge in [-0.1, -0.05) is 26.0 Å². The summed E-state index contributed by atoms with van der Waals surface area (Å²) in [6, 6.07) is 0. The molecular formula is C26H40O9. The van der Waals surface area contributed by atoms with E-state index in [0.717, 1.165) is 25.7 Å². The van der Waals surface area contributed by atoms with Crippen LogP contribution in [0.5, 0.6) is 0 Å². The van der Waals surface area contributed by atoms with Crippen molar-refractivity contribution in [2.45, 2.75) is 89.2 Å². The fourth-order valence-corrected chi connectivity index (χ4v) is 7.08. The quantitative estimate of drug-likeness (QED) is 0.255. The molecule has 0 aromatic heterocycles. The maximum Gasteiger partial charge on any atom is 0.334 e. The second-order valence-electron chi connectivity index (χ2n) is 11.2. The van der Waals surface area contributed by atoms with Gasteiger partial charge in [0.05, 0.1) is 19.3 Å². The first-order valence-electron chi connectivity index (χ1n) is 12.7. The van der Waals surface area contributed by atoms with Gasteiger partial charge in [0, 0.05) is 11.0 Å². The van der Waals surface area contributed by atoms with E-state index in [-0.39, 0.29) is 29.8 Å². The Balaban J connectivity index is 1.50. The minimum Gasteiger partial charge on any atom is -0.458 e. The van der Waals surface area contributed by atoms with Gasteiger partial charge in [-0.25, -0.2) is 4.79 Å². The molecule has 3 fully saturated rings. The molecule has 1 unspecified atom stereocenters. The summed E-state index contributed by atoms with van der Waals surface area (Å²) in [6.45, 7) is 8.48. The highest BCUT2D eigenvalue weighted by atomic mass is 16.7. The van der Waals surface area contributed by atoms with Crippen LogP contribution in [0.3, 0.4) is 0 Å². The van der Waals surface area contributed by atoms with E-state index in [2.05, 4.69) is 13.5 Å². The highest BCUT2D eigenvalue weighted by Gasteiger charge is 2.58. The average molecular weight is 497 g/mol. The van der Waals surface area contributed by atoms with Crippen LogP contribution in [0, 0.1) is 22.7 Å². The van der Waals surface area contributed by atoms with Gasteiger partial charge in [-0.15, -0.1) is 0 Å². The second kappa shape index (κ2) is 10.2. The summed E-state index contributed by atoms with van der Waals surface area (Å²) in [5.41, 5.74) is 1.07. The molecule has 35 heavy (non-hydrogen) atoms. The van der Waals surface area contributed by atoms with Gasteiger partial charge in [0.1, 0.15) is 31.0 Å². The number of carbonyl (C=O) groups excluding carboxylic acids is 1. The molecule has 4 aliphatic rings. The van der Waals surface area contributed by atoms with E-state index in [0.29, 0.717) is 25.0 Å². The Bertz CT molecular complexity index is 841. The van der Waals surface area contributed by atoms with Crippen molar-refractivity contribution in [1.29, 1.82) is 0 Å². The van der Waals surface area contributed by atoms with Crippen molar-refractivity contribution in [3.05, 3.63) is 23.8 Å². The number of allylic oxidation sites excluding steroid dienone is 1. The molecule has 2 heterocycles. The van der Waals surface area contributed by atoms with Crippen LogP contribution >= 0.6 is 0 Å². The van der Waals surface area contributed by atoms with E-state index >= 15 is 0 Å². The fourth-order valence-electron chi connectivity index (χ4n) is 7.08. The van der Waals surface area contributed by atoms with Gasteiger partial charge in [0.2, 0.25) is 0 Å². The van der Waals surface area contributed by atoms with Crippen molar-refractivity contribution in [1.82, 2.24) is 0 Å². The lowest BCUT2D eigenvalue weighted by Gasteiger charge is -2.60. The highest BCUT2D eigenvalue weighted by molar-refractivity contribution is 5.90. The Morgan fingerprint density at radius 1 is 1.14 bits per heavy atom. The van der Waals surface area contributed by atoms with Crippen molar-refractivity contribution < 1.29 is 44.5 Å². The molecule has 9 heteroatoms. The van der Waals surface area contributed by atoms with E-state index in [1.807, 2.05) is 13.0 Å². The predicted octanol–water partition coefficient (Wildman–Crippen LogP) is 0.816.